The molecule has 27 heavy (non-hydrogen) atoms. The molecule has 1 aliphatic carbocycles. The molecule has 2 heterocycles. The molecule has 1 N–H and O–H groups in total. The number of carbonyl (C=O) groups is 1. The number of halogens is 1. The van der Waals surface area contributed by atoms with Gasteiger partial charge in [0.1, 0.15) is 0 Å². The number of amides is 1. The first-order chi connectivity index (χ1) is 13.1. The Bertz CT molecular complexity index is 958. The zero-order valence-electron chi connectivity index (χ0n) is 14.7. The van der Waals surface area contributed by atoms with E-state index in [1.54, 1.807) is 30.6 Å². The molecular formula is C19H18ClN5OS. The highest BCUT2D eigenvalue weighted by Gasteiger charge is 2.31. The van der Waals surface area contributed by atoms with Crippen LogP contribution in [0.25, 0.3) is 11.4 Å². The summed E-state index contributed by atoms with van der Waals surface area (Å²) in [5, 5.41) is 12.6. The summed E-state index contributed by atoms with van der Waals surface area (Å²) in [5.74, 6) is 0.725. The van der Waals surface area contributed by atoms with Crippen molar-refractivity contribution in [2.45, 2.75) is 36.2 Å². The van der Waals surface area contributed by atoms with Gasteiger partial charge < -0.3 is 5.32 Å². The van der Waals surface area contributed by atoms with Crippen molar-refractivity contribution >= 4 is 35.0 Å². The van der Waals surface area contributed by atoms with E-state index in [0.717, 1.165) is 29.4 Å². The minimum absolute atomic E-state index is 0.0990. The fourth-order valence-electron chi connectivity index (χ4n) is 2.74. The van der Waals surface area contributed by atoms with E-state index in [1.807, 2.05) is 25.1 Å². The number of pyridine rings is 1. The summed E-state index contributed by atoms with van der Waals surface area (Å²) in [6, 6.07) is 11.4. The number of carbonyl (C=O) groups excluding carboxylic acids is 1. The zero-order valence-corrected chi connectivity index (χ0v) is 16.2. The maximum absolute atomic E-state index is 12.6. The molecule has 6 nitrogen and oxygen atoms in total. The third-order valence-corrected chi connectivity index (χ3v) is 5.55. The molecule has 1 aliphatic rings. The lowest BCUT2D eigenvalue weighted by Crippen LogP contribution is -2.22. The smallest absolute Gasteiger partial charge is 0.237 e. The monoisotopic (exact) mass is 399 g/mol. The van der Waals surface area contributed by atoms with Crippen LogP contribution in [0.1, 0.15) is 25.8 Å². The average Bonchev–Trinajstić information content (AvgIpc) is 3.42. The SMILES string of the molecule is C[C@@H](Sc1nnc(-c2ccncc2)n1C1CC1)C(=O)Nc1cccc(Cl)c1. The van der Waals surface area contributed by atoms with Crippen LogP contribution >= 0.6 is 23.4 Å². The summed E-state index contributed by atoms with van der Waals surface area (Å²) < 4.78 is 2.14. The van der Waals surface area contributed by atoms with Crippen molar-refractivity contribution < 1.29 is 4.79 Å². The second kappa shape index (κ2) is 7.70. The Hall–Kier alpha value is -2.38. The number of nitrogens with zero attached hydrogens (tertiary/aromatic N) is 4. The predicted octanol–water partition coefficient (Wildman–Crippen LogP) is 4.45. The molecule has 1 fully saturated rings. The Morgan fingerprint density at radius 2 is 2.04 bits per heavy atom. The molecule has 1 aromatic carbocycles. The van der Waals surface area contributed by atoms with Gasteiger partial charge in [-0.3, -0.25) is 14.3 Å². The van der Waals surface area contributed by atoms with Gasteiger partial charge in [-0.05, 0) is 50.1 Å². The van der Waals surface area contributed by atoms with Gasteiger partial charge >= 0.3 is 0 Å². The number of hydrogen-bond acceptors (Lipinski definition) is 5. The molecule has 4 rings (SSSR count). The summed E-state index contributed by atoms with van der Waals surface area (Å²) in [6.45, 7) is 1.86. The Morgan fingerprint density at radius 3 is 2.74 bits per heavy atom. The van der Waals surface area contributed by atoms with Gasteiger partial charge in [-0.25, -0.2) is 0 Å². The van der Waals surface area contributed by atoms with Crippen LogP contribution in [0, 0.1) is 0 Å². The molecule has 0 radical (unpaired) electrons. The van der Waals surface area contributed by atoms with E-state index in [-0.39, 0.29) is 11.2 Å². The molecule has 8 heteroatoms. The molecule has 0 bridgehead atoms. The number of aromatic nitrogens is 4. The van der Waals surface area contributed by atoms with Crippen molar-refractivity contribution in [2.24, 2.45) is 0 Å². The standard InChI is InChI=1S/C19H18ClN5OS/c1-12(18(26)22-15-4-2-3-14(20)11-15)27-19-24-23-17(25(19)16-5-6-16)13-7-9-21-10-8-13/h2-4,7-12,16H,5-6H2,1H3,(H,22,26)/t12-/m1/s1. The van der Waals surface area contributed by atoms with Gasteiger partial charge in [-0.2, -0.15) is 0 Å². The van der Waals surface area contributed by atoms with Crippen molar-refractivity contribution in [1.82, 2.24) is 19.7 Å². The summed E-state index contributed by atoms with van der Waals surface area (Å²) in [6.07, 6.45) is 5.70. The molecule has 138 valence electrons. The van der Waals surface area contributed by atoms with Crippen LogP contribution < -0.4 is 5.32 Å². The van der Waals surface area contributed by atoms with E-state index in [2.05, 4.69) is 25.1 Å². The van der Waals surface area contributed by atoms with Crippen molar-refractivity contribution in [3.63, 3.8) is 0 Å². The van der Waals surface area contributed by atoms with Gasteiger partial charge in [0, 0.05) is 34.7 Å². The van der Waals surface area contributed by atoms with E-state index in [4.69, 9.17) is 11.6 Å². The lowest BCUT2D eigenvalue weighted by atomic mass is 10.2. The van der Waals surface area contributed by atoms with Crippen LogP contribution in [0.4, 0.5) is 5.69 Å². The second-order valence-corrected chi connectivity index (χ2v) is 8.15. The highest BCUT2D eigenvalue weighted by atomic mass is 35.5. The number of thioether (sulfide) groups is 1. The lowest BCUT2D eigenvalue weighted by Gasteiger charge is -2.13. The second-order valence-electron chi connectivity index (χ2n) is 6.40. The van der Waals surface area contributed by atoms with Crippen LogP contribution in [-0.2, 0) is 4.79 Å². The molecule has 0 spiro atoms. The van der Waals surface area contributed by atoms with Crippen LogP contribution in [0.3, 0.4) is 0 Å². The average molecular weight is 400 g/mol. The summed E-state index contributed by atoms with van der Waals surface area (Å²) >= 11 is 7.39. The van der Waals surface area contributed by atoms with Crippen LogP contribution in [0.5, 0.6) is 0 Å². The van der Waals surface area contributed by atoms with Crippen molar-refractivity contribution in [2.75, 3.05) is 5.32 Å². The number of hydrogen-bond donors (Lipinski definition) is 1. The normalized spacial score (nSPS) is 14.7. The predicted molar refractivity (Wildman–Crippen MR) is 107 cm³/mol. The Labute approximate surface area is 166 Å². The van der Waals surface area contributed by atoms with Crippen molar-refractivity contribution in [3.05, 3.63) is 53.8 Å². The molecule has 3 aromatic rings. The first-order valence-electron chi connectivity index (χ1n) is 8.70. The highest BCUT2D eigenvalue weighted by molar-refractivity contribution is 8.00. The number of benzene rings is 1. The molecular weight excluding hydrogens is 382 g/mol. The summed E-state index contributed by atoms with van der Waals surface area (Å²) in [4.78, 5) is 16.6. The third-order valence-electron chi connectivity index (χ3n) is 4.26. The van der Waals surface area contributed by atoms with E-state index in [9.17, 15) is 4.79 Å². The molecule has 0 aliphatic heterocycles. The molecule has 1 amide bonds. The van der Waals surface area contributed by atoms with Crippen LogP contribution in [-0.4, -0.2) is 30.9 Å². The van der Waals surface area contributed by atoms with Gasteiger partial charge in [0.2, 0.25) is 5.91 Å². The van der Waals surface area contributed by atoms with Crippen molar-refractivity contribution in [3.8, 4) is 11.4 Å². The van der Waals surface area contributed by atoms with Gasteiger partial charge in [0.15, 0.2) is 11.0 Å². The van der Waals surface area contributed by atoms with Gasteiger partial charge in [0.05, 0.1) is 5.25 Å². The fraction of sp³-hybridized carbons (Fsp3) is 0.263. The summed E-state index contributed by atoms with van der Waals surface area (Å²) in [5.41, 5.74) is 1.66. The Kier molecular flexibility index (Phi) is 5.13. The zero-order chi connectivity index (χ0) is 18.8. The number of nitrogens with one attached hydrogen (secondary N) is 1. The van der Waals surface area contributed by atoms with E-state index in [1.165, 1.54) is 11.8 Å². The first kappa shape index (κ1) is 18.0. The van der Waals surface area contributed by atoms with E-state index < -0.39 is 0 Å². The minimum Gasteiger partial charge on any atom is -0.325 e. The van der Waals surface area contributed by atoms with Gasteiger partial charge in [-0.1, -0.05) is 29.4 Å². The Balaban J connectivity index is 1.52. The molecule has 1 atom stereocenters. The van der Waals surface area contributed by atoms with Crippen LogP contribution in [0.15, 0.2) is 53.9 Å². The largest absolute Gasteiger partial charge is 0.325 e. The topological polar surface area (TPSA) is 72.7 Å². The molecule has 0 unspecified atom stereocenters. The Morgan fingerprint density at radius 1 is 1.26 bits per heavy atom. The highest BCUT2D eigenvalue weighted by Crippen LogP contribution is 2.41. The van der Waals surface area contributed by atoms with E-state index in [0.29, 0.717) is 16.8 Å². The van der Waals surface area contributed by atoms with Gasteiger partial charge in [-0.15, -0.1) is 10.2 Å². The number of rotatable bonds is 6. The minimum atomic E-state index is -0.323. The molecule has 1 saturated carbocycles. The first-order valence-corrected chi connectivity index (χ1v) is 9.96. The maximum atomic E-state index is 12.6. The quantitative estimate of drug-likeness (QED) is 0.620. The molecule has 2 aromatic heterocycles. The van der Waals surface area contributed by atoms with E-state index >= 15 is 0 Å². The molecule has 0 saturated heterocycles. The third kappa shape index (κ3) is 4.14. The maximum Gasteiger partial charge on any atom is 0.237 e. The van der Waals surface area contributed by atoms with Gasteiger partial charge in [0.25, 0.3) is 0 Å². The fourth-order valence-corrected chi connectivity index (χ4v) is 3.85. The summed E-state index contributed by atoms with van der Waals surface area (Å²) in [7, 11) is 0. The van der Waals surface area contributed by atoms with Crippen molar-refractivity contribution in [1.29, 1.82) is 0 Å². The van der Waals surface area contributed by atoms with Crippen LogP contribution in [0.2, 0.25) is 5.02 Å². The lowest BCUT2D eigenvalue weighted by molar-refractivity contribution is -0.115. The number of anilines is 1.